The highest BCUT2D eigenvalue weighted by Gasteiger charge is 2.24. The van der Waals surface area contributed by atoms with Gasteiger partial charge in [0.2, 0.25) is 0 Å². The molecule has 0 aliphatic carbocycles. The van der Waals surface area contributed by atoms with Gasteiger partial charge in [0.1, 0.15) is 11.4 Å². The van der Waals surface area contributed by atoms with Crippen molar-refractivity contribution < 1.29 is 19.3 Å². The molecule has 1 atom stereocenters. The minimum absolute atomic E-state index is 0. The van der Waals surface area contributed by atoms with Crippen LogP contribution in [0.1, 0.15) is 24.3 Å². The van der Waals surface area contributed by atoms with Gasteiger partial charge in [-0.3, -0.25) is 0 Å². The lowest BCUT2D eigenvalue weighted by molar-refractivity contribution is 0.0655. The SMILES string of the molecule is CCNC(=NCc1cc(OC)c(OC)cc1OC)NCC(C)(O)c1cccs1.I. The molecule has 1 heterocycles. The summed E-state index contributed by atoms with van der Waals surface area (Å²) >= 11 is 1.53. The molecule has 0 saturated carbocycles. The van der Waals surface area contributed by atoms with Gasteiger partial charge in [0.25, 0.3) is 0 Å². The number of benzene rings is 1. The van der Waals surface area contributed by atoms with Crippen LogP contribution in [0.15, 0.2) is 34.6 Å². The molecule has 0 aliphatic heterocycles. The zero-order valence-electron chi connectivity index (χ0n) is 17.4. The van der Waals surface area contributed by atoms with Crippen LogP contribution in [0.2, 0.25) is 0 Å². The molecule has 162 valence electrons. The molecule has 0 bridgehead atoms. The normalized spacial score (nSPS) is 13.1. The Balaban J connectivity index is 0.00000420. The molecule has 2 aromatic rings. The monoisotopic (exact) mass is 535 g/mol. The third-order valence-electron chi connectivity index (χ3n) is 4.19. The van der Waals surface area contributed by atoms with Crippen molar-refractivity contribution in [2.45, 2.75) is 26.0 Å². The first-order valence-corrected chi connectivity index (χ1v) is 9.90. The van der Waals surface area contributed by atoms with E-state index in [0.717, 1.165) is 10.4 Å². The van der Waals surface area contributed by atoms with E-state index in [1.807, 2.05) is 30.5 Å². The Labute approximate surface area is 193 Å². The fraction of sp³-hybridized carbons (Fsp3) is 0.450. The first kappa shape index (κ1) is 25.3. The second-order valence-corrected chi connectivity index (χ2v) is 7.27. The summed E-state index contributed by atoms with van der Waals surface area (Å²) in [4.78, 5) is 5.52. The van der Waals surface area contributed by atoms with Crippen LogP contribution in [0.4, 0.5) is 0 Å². The number of hydrogen-bond acceptors (Lipinski definition) is 6. The van der Waals surface area contributed by atoms with Crippen LogP contribution in [-0.4, -0.2) is 45.5 Å². The molecule has 0 amide bonds. The number of guanidine groups is 1. The molecule has 29 heavy (non-hydrogen) atoms. The number of nitrogens with one attached hydrogen (secondary N) is 2. The van der Waals surface area contributed by atoms with E-state index >= 15 is 0 Å². The highest BCUT2D eigenvalue weighted by molar-refractivity contribution is 14.0. The van der Waals surface area contributed by atoms with Gasteiger partial charge >= 0.3 is 0 Å². The van der Waals surface area contributed by atoms with E-state index in [1.165, 1.54) is 11.3 Å². The Morgan fingerprint density at radius 1 is 1.10 bits per heavy atom. The largest absolute Gasteiger partial charge is 0.496 e. The van der Waals surface area contributed by atoms with Gasteiger partial charge in [-0.25, -0.2) is 4.99 Å². The van der Waals surface area contributed by atoms with Crippen molar-refractivity contribution in [3.63, 3.8) is 0 Å². The number of aliphatic imine (C=N–C) groups is 1. The molecule has 1 aromatic heterocycles. The lowest BCUT2D eigenvalue weighted by atomic mass is 10.1. The van der Waals surface area contributed by atoms with Crippen LogP contribution in [0.25, 0.3) is 0 Å². The third-order valence-corrected chi connectivity index (χ3v) is 5.31. The predicted octanol–water partition coefficient (Wildman–Crippen LogP) is 3.35. The Hall–Kier alpha value is -1.72. The standard InChI is InChI=1S/C20H29N3O4S.HI/c1-6-21-19(23-13-20(2,24)18-8-7-9-28-18)22-12-14-10-16(26-4)17(27-5)11-15(14)25-3;/h7-11,24H,6,12-13H2,1-5H3,(H2,21,22,23);1H. The summed E-state index contributed by atoms with van der Waals surface area (Å²) in [5.74, 6) is 2.50. The molecule has 1 aromatic carbocycles. The molecule has 1 unspecified atom stereocenters. The lowest BCUT2D eigenvalue weighted by Crippen LogP contribution is -2.44. The number of rotatable bonds is 9. The van der Waals surface area contributed by atoms with E-state index in [2.05, 4.69) is 15.6 Å². The first-order chi connectivity index (χ1) is 13.4. The summed E-state index contributed by atoms with van der Waals surface area (Å²) in [5, 5.41) is 19.1. The number of nitrogens with zero attached hydrogens (tertiary/aromatic N) is 1. The van der Waals surface area contributed by atoms with Crippen molar-refractivity contribution in [1.29, 1.82) is 0 Å². The van der Waals surface area contributed by atoms with Crippen molar-refractivity contribution in [3.8, 4) is 17.2 Å². The van der Waals surface area contributed by atoms with Crippen LogP contribution < -0.4 is 24.8 Å². The van der Waals surface area contributed by atoms with Crippen molar-refractivity contribution in [3.05, 3.63) is 40.1 Å². The number of aliphatic hydroxyl groups is 1. The van der Waals surface area contributed by atoms with Gasteiger partial charge in [-0.1, -0.05) is 6.07 Å². The molecule has 3 N–H and O–H groups in total. The van der Waals surface area contributed by atoms with E-state index < -0.39 is 5.60 Å². The summed E-state index contributed by atoms with van der Waals surface area (Å²) in [6.07, 6.45) is 0. The third kappa shape index (κ3) is 6.93. The zero-order valence-corrected chi connectivity index (χ0v) is 20.6. The van der Waals surface area contributed by atoms with Gasteiger partial charge in [0.15, 0.2) is 17.5 Å². The van der Waals surface area contributed by atoms with E-state index in [9.17, 15) is 5.11 Å². The predicted molar refractivity (Wildman–Crippen MR) is 128 cm³/mol. The summed E-state index contributed by atoms with van der Waals surface area (Å²) in [7, 11) is 4.79. The van der Waals surface area contributed by atoms with Crippen molar-refractivity contribution in [2.75, 3.05) is 34.4 Å². The maximum Gasteiger partial charge on any atom is 0.191 e. The van der Waals surface area contributed by atoms with Gasteiger partial charge in [-0.2, -0.15) is 0 Å². The van der Waals surface area contributed by atoms with Crippen molar-refractivity contribution in [1.82, 2.24) is 10.6 Å². The molecule has 2 rings (SSSR count). The van der Waals surface area contributed by atoms with Gasteiger partial charge < -0.3 is 30.0 Å². The van der Waals surface area contributed by atoms with Crippen LogP contribution in [0.3, 0.4) is 0 Å². The highest BCUT2D eigenvalue weighted by atomic mass is 127. The van der Waals surface area contributed by atoms with Gasteiger partial charge in [-0.15, -0.1) is 35.3 Å². The fourth-order valence-electron chi connectivity index (χ4n) is 2.65. The van der Waals surface area contributed by atoms with E-state index in [4.69, 9.17) is 14.2 Å². The number of methoxy groups -OCH3 is 3. The summed E-state index contributed by atoms with van der Waals surface area (Å²) in [6.45, 7) is 5.19. The molecule has 9 heteroatoms. The Morgan fingerprint density at radius 3 is 2.31 bits per heavy atom. The maximum absolute atomic E-state index is 10.7. The van der Waals surface area contributed by atoms with Crippen LogP contribution in [0.5, 0.6) is 17.2 Å². The molecular weight excluding hydrogens is 505 g/mol. The van der Waals surface area contributed by atoms with E-state index in [0.29, 0.717) is 42.8 Å². The second-order valence-electron chi connectivity index (χ2n) is 6.32. The molecule has 0 aliphatic rings. The summed E-state index contributed by atoms with van der Waals surface area (Å²) < 4.78 is 16.1. The molecule has 7 nitrogen and oxygen atoms in total. The maximum atomic E-state index is 10.7. The lowest BCUT2D eigenvalue weighted by Gasteiger charge is -2.23. The number of thiophene rings is 1. The molecule has 0 spiro atoms. The molecule has 0 fully saturated rings. The number of hydrogen-bond donors (Lipinski definition) is 3. The molecule has 0 saturated heterocycles. The Kier molecular flexibility index (Phi) is 10.5. The highest BCUT2D eigenvalue weighted by Crippen LogP contribution is 2.35. The minimum Gasteiger partial charge on any atom is -0.496 e. The minimum atomic E-state index is -0.981. The molecular formula is C20H30IN3O4S. The van der Waals surface area contributed by atoms with Gasteiger partial charge in [0.05, 0.1) is 34.4 Å². The smallest absolute Gasteiger partial charge is 0.191 e. The summed E-state index contributed by atoms with van der Waals surface area (Å²) in [6, 6.07) is 7.49. The van der Waals surface area contributed by atoms with Crippen LogP contribution >= 0.6 is 35.3 Å². The second kappa shape index (κ2) is 12.1. The quantitative estimate of drug-likeness (QED) is 0.260. The summed E-state index contributed by atoms with van der Waals surface area (Å²) in [5.41, 5.74) is -0.117. The topological polar surface area (TPSA) is 84.3 Å². The number of ether oxygens (including phenoxy) is 3. The van der Waals surface area contributed by atoms with Crippen LogP contribution in [-0.2, 0) is 12.1 Å². The Bertz CT molecular complexity index is 782. The average Bonchev–Trinajstić information content (AvgIpc) is 3.25. The van der Waals surface area contributed by atoms with Crippen molar-refractivity contribution >= 4 is 41.3 Å². The van der Waals surface area contributed by atoms with Crippen LogP contribution in [0, 0.1) is 0 Å². The van der Waals surface area contributed by atoms with E-state index in [1.54, 1.807) is 34.3 Å². The zero-order chi connectivity index (χ0) is 20.6. The van der Waals surface area contributed by atoms with E-state index in [-0.39, 0.29) is 24.0 Å². The Morgan fingerprint density at radius 2 is 1.76 bits per heavy atom. The average molecular weight is 535 g/mol. The fourth-order valence-corrected chi connectivity index (χ4v) is 3.44. The first-order valence-electron chi connectivity index (χ1n) is 9.02. The number of halogens is 1. The molecule has 0 radical (unpaired) electrons. The van der Waals surface area contributed by atoms with Gasteiger partial charge in [-0.05, 0) is 31.4 Å². The van der Waals surface area contributed by atoms with Gasteiger partial charge in [0, 0.05) is 23.1 Å². The van der Waals surface area contributed by atoms with Crippen molar-refractivity contribution in [2.24, 2.45) is 4.99 Å².